The Morgan fingerprint density at radius 2 is 1.86 bits per heavy atom. The van der Waals surface area contributed by atoms with Crippen LogP contribution in [0.25, 0.3) is 0 Å². The largest absolute Gasteiger partial charge is 0.340 e. The van der Waals surface area contributed by atoms with E-state index in [2.05, 4.69) is 4.98 Å². The molecule has 0 radical (unpaired) electrons. The van der Waals surface area contributed by atoms with Gasteiger partial charge in [-0.15, -0.1) is 0 Å². The van der Waals surface area contributed by atoms with Crippen molar-refractivity contribution in [2.45, 2.75) is 44.8 Å². The van der Waals surface area contributed by atoms with Crippen LogP contribution in [-0.4, -0.2) is 21.8 Å². The fourth-order valence-electron chi connectivity index (χ4n) is 2.62. The zero-order chi connectivity index (χ0) is 14.9. The highest BCUT2D eigenvalue weighted by molar-refractivity contribution is 6.30. The van der Waals surface area contributed by atoms with Crippen molar-refractivity contribution in [3.8, 4) is 0 Å². The van der Waals surface area contributed by atoms with E-state index in [1.54, 1.807) is 12.5 Å². The Balaban J connectivity index is 1.86. The molecular formula is C16H19ClN2O2. The predicted octanol–water partition coefficient (Wildman–Crippen LogP) is 3.60. The van der Waals surface area contributed by atoms with E-state index < -0.39 is 5.79 Å². The normalized spacial score (nSPS) is 28.9. The highest BCUT2D eigenvalue weighted by Gasteiger charge is 2.45. The maximum absolute atomic E-state index is 6.19. The molecule has 21 heavy (non-hydrogen) atoms. The Kier molecular flexibility index (Phi) is 4.02. The van der Waals surface area contributed by atoms with Gasteiger partial charge in [0, 0.05) is 35.9 Å². The molecule has 2 aromatic rings. The van der Waals surface area contributed by atoms with Crippen molar-refractivity contribution in [1.29, 1.82) is 0 Å². The van der Waals surface area contributed by atoms with Crippen LogP contribution in [0.2, 0.25) is 5.02 Å². The van der Waals surface area contributed by atoms with Crippen molar-refractivity contribution in [2.75, 3.05) is 0 Å². The Hall–Kier alpha value is -1.36. The highest BCUT2D eigenvalue weighted by atomic mass is 35.5. The lowest BCUT2D eigenvalue weighted by Gasteiger charge is -2.29. The molecule has 1 aliphatic heterocycles. The molecule has 0 spiro atoms. The minimum Gasteiger partial charge on any atom is -0.340 e. The van der Waals surface area contributed by atoms with Gasteiger partial charge in [-0.2, -0.15) is 0 Å². The van der Waals surface area contributed by atoms with Gasteiger partial charge in [-0.05, 0) is 26.0 Å². The Morgan fingerprint density at radius 3 is 2.43 bits per heavy atom. The maximum Gasteiger partial charge on any atom is 0.197 e. The van der Waals surface area contributed by atoms with Gasteiger partial charge in [-0.25, -0.2) is 4.98 Å². The maximum atomic E-state index is 6.19. The zero-order valence-corrected chi connectivity index (χ0v) is 13.0. The van der Waals surface area contributed by atoms with Gasteiger partial charge in [-0.3, -0.25) is 0 Å². The van der Waals surface area contributed by atoms with Crippen LogP contribution in [0.1, 0.15) is 25.8 Å². The quantitative estimate of drug-likeness (QED) is 0.866. The molecule has 4 nitrogen and oxygen atoms in total. The van der Waals surface area contributed by atoms with Gasteiger partial charge in [0.15, 0.2) is 5.79 Å². The number of halogens is 1. The van der Waals surface area contributed by atoms with Crippen LogP contribution < -0.4 is 0 Å². The molecule has 0 amide bonds. The van der Waals surface area contributed by atoms with Gasteiger partial charge < -0.3 is 14.0 Å². The molecule has 2 heterocycles. The van der Waals surface area contributed by atoms with Crippen molar-refractivity contribution >= 4 is 11.6 Å². The third-order valence-corrected chi connectivity index (χ3v) is 4.21. The molecule has 1 saturated heterocycles. The number of aryl methyl sites for hydroxylation is 1. The summed E-state index contributed by atoms with van der Waals surface area (Å²) in [7, 11) is 0. The molecule has 0 N–H and O–H groups in total. The van der Waals surface area contributed by atoms with Gasteiger partial charge in [0.05, 0.1) is 18.5 Å². The Morgan fingerprint density at radius 1 is 1.19 bits per heavy atom. The van der Waals surface area contributed by atoms with Crippen molar-refractivity contribution in [3.05, 3.63) is 53.6 Å². The van der Waals surface area contributed by atoms with E-state index in [0.717, 1.165) is 18.5 Å². The van der Waals surface area contributed by atoms with E-state index in [0.29, 0.717) is 5.02 Å². The molecule has 0 aliphatic carbocycles. The Bertz CT molecular complexity index is 573. The lowest BCUT2D eigenvalue weighted by molar-refractivity contribution is -0.188. The Labute approximate surface area is 129 Å². The minimum atomic E-state index is -0.715. The molecule has 2 atom stereocenters. The van der Waals surface area contributed by atoms with Gasteiger partial charge >= 0.3 is 0 Å². The van der Waals surface area contributed by atoms with E-state index in [4.69, 9.17) is 21.1 Å². The predicted molar refractivity (Wildman–Crippen MR) is 81.1 cm³/mol. The summed E-state index contributed by atoms with van der Waals surface area (Å²) >= 11 is 5.99. The van der Waals surface area contributed by atoms with Crippen LogP contribution in [0, 0.1) is 0 Å². The van der Waals surface area contributed by atoms with E-state index in [1.165, 1.54) is 0 Å². The second kappa shape index (κ2) is 5.79. The summed E-state index contributed by atoms with van der Waals surface area (Å²) in [4.78, 5) is 4.07. The standard InChI is InChI=1S/C16H19ClN2O2/c1-12-13(2)21-16(20-12,7-9-19-10-8-18-11-19)14-3-5-15(17)6-4-14/h3-6,8,10-13H,7,9H2,1-2H3. The molecule has 2 unspecified atom stereocenters. The summed E-state index contributed by atoms with van der Waals surface area (Å²) < 4.78 is 14.4. The summed E-state index contributed by atoms with van der Waals surface area (Å²) in [5.41, 5.74) is 1.00. The number of ether oxygens (including phenoxy) is 2. The summed E-state index contributed by atoms with van der Waals surface area (Å²) in [5.74, 6) is -0.715. The highest BCUT2D eigenvalue weighted by Crippen LogP contribution is 2.41. The van der Waals surface area contributed by atoms with E-state index >= 15 is 0 Å². The molecular weight excluding hydrogens is 288 g/mol. The summed E-state index contributed by atoms with van der Waals surface area (Å²) in [6.07, 6.45) is 6.36. The topological polar surface area (TPSA) is 36.3 Å². The van der Waals surface area contributed by atoms with Gasteiger partial charge in [-0.1, -0.05) is 23.7 Å². The first-order valence-corrected chi connectivity index (χ1v) is 7.54. The lowest BCUT2D eigenvalue weighted by Crippen LogP contribution is -2.29. The lowest BCUT2D eigenvalue weighted by atomic mass is 10.0. The molecule has 1 aromatic carbocycles. The smallest absolute Gasteiger partial charge is 0.197 e. The average Bonchev–Trinajstić information content (AvgIpc) is 3.07. The second-order valence-electron chi connectivity index (χ2n) is 5.46. The molecule has 5 heteroatoms. The van der Waals surface area contributed by atoms with Crippen LogP contribution in [0.15, 0.2) is 43.0 Å². The number of aromatic nitrogens is 2. The summed E-state index contributed by atoms with van der Waals surface area (Å²) in [5, 5.41) is 0.711. The van der Waals surface area contributed by atoms with Crippen LogP contribution in [0.4, 0.5) is 0 Å². The molecule has 0 bridgehead atoms. The number of hydrogen-bond donors (Lipinski definition) is 0. The zero-order valence-electron chi connectivity index (χ0n) is 12.2. The SMILES string of the molecule is CC1OC(CCn2ccnc2)(c2ccc(Cl)cc2)OC1C. The second-order valence-corrected chi connectivity index (χ2v) is 5.89. The van der Waals surface area contributed by atoms with Crippen LogP contribution >= 0.6 is 11.6 Å². The van der Waals surface area contributed by atoms with E-state index in [1.807, 2.05) is 48.9 Å². The number of benzene rings is 1. The van der Waals surface area contributed by atoms with E-state index in [-0.39, 0.29) is 12.2 Å². The van der Waals surface area contributed by atoms with Gasteiger partial charge in [0.2, 0.25) is 0 Å². The number of rotatable bonds is 4. The first-order chi connectivity index (χ1) is 10.1. The molecule has 1 fully saturated rings. The third kappa shape index (κ3) is 2.98. The third-order valence-electron chi connectivity index (χ3n) is 3.96. The van der Waals surface area contributed by atoms with Crippen molar-refractivity contribution in [2.24, 2.45) is 0 Å². The fourth-order valence-corrected chi connectivity index (χ4v) is 2.74. The number of hydrogen-bond acceptors (Lipinski definition) is 3. The molecule has 1 aromatic heterocycles. The monoisotopic (exact) mass is 306 g/mol. The van der Waals surface area contributed by atoms with E-state index in [9.17, 15) is 0 Å². The summed E-state index contributed by atoms with van der Waals surface area (Å²) in [6.45, 7) is 4.86. The van der Waals surface area contributed by atoms with Crippen LogP contribution in [-0.2, 0) is 21.8 Å². The van der Waals surface area contributed by atoms with Crippen LogP contribution in [0.3, 0.4) is 0 Å². The number of nitrogens with zero attached hydrogens (tertiary/aromatic N) is 2. The fraction of sp³-hybridized carbons (Fsp3) is 0.438. The van der Waals surface area contributed by atoms with Crippen molar-refractivity contribution in [3.63, 3.8) is 0 Å². The van der Waals surface area contributed by atoms with Crippen LogP contribution in [0.5, 0.6) is 0 Å². The van der Waals surface area contributed by atoms with Gasteiger partial charge in [0.25, 0.3) is 0 Å². The minimum absolute atomic E-state index is 0.0588. The van der Waals surface area contributed by atoms with Gasteiger partial charge in [0.1, 0.15) is 0 Å². The number of imidazole rings is 1. The van der Waals surface area contributed by atoms with Crippen molar-refractivity contribution in [1.82, 2.24) is 9.55 Å². The first-order valence-electron chi connectivity index (χ1n) is 7.16. The average molecular weight is 307 g/mol. The molecule has 1 aliphatic rings. The molecule has 0 saturated carbocycles. The molecule has 3 rings (SSSR count). The molecule has 112 valence electrons. The first kappa shape index (κ1) is 14.6. The summed E-state index contributed by atoms with van der Waals surface area (Å²) in [6, 6.07) is 7.69. The van der Waals surface area contributed by atoms with Crippen molar-refractivity contribution < 1.29 is 9.47 Å².